The van der Waals surface area contributed by atoms with Crippen molar-refractivity contribution in [2.75, 3.05) is 13.1 Å². The van der Waals surface area contributed by atoms with Crippen molar-refractivity contribution in [2.45, 2.75) is 52.0 Å². The first-order valence-electron chi connectivity index (χ1n) is 7.15. The first-order chi connectivity index (χ1) is 8.58. The minimum absolute atomic E-state index is 0.197. The zero-order chi connectivity index (χ0) is 13.1. The maximum Gasteiger partial charge on any atom is 0.223 e. The van der Waals surface area contributed by atoms with Gasteiger partial charge in [-0.25, -0.2) is 0 Å². The molecule has 4 heteroatoms. The van der Waals surface area contributed by atoms with Crippen LogP contribution in [0, 0.1) is 11.8 Å². The van der Waals surface area contributed by atoms with E-state index in [4.69, 9.17) is 0 Å². The molecule has 1 heterocycles. The van der Waals surface area contributed by atoms with Crippen molar-refractivity contribution in [3.8, 4) is 0 Å². The van der Waals surface area contributed by atoms with Gasteiger partial charge in [0.05, 0.1) is 0 Å². The van der Waals surface area contributed by atoms with E-state index in [0.717, 1.165) is 19.4 Å². The first-order valence-corrected chi connectivity index (χ1v) is 7.15. The maximum atomic E-state index is 11.9. The molecule has 102 valence electrons. The summed E-state index contributed by atoms with van der Waals surface area (Å²) in [5.74, 6) is 0.946. The highest BCUT2D eigenvalue weighted by Crippen LogP contribution is 2.25. The van der Waals surface area contributed by atoms with E-state index in [9.17, 15) is 9.59 Å². The Labute approximate surface area is 109 Å². The smallest absolute Gasteiger partial charge is 0.223 e. The highest BCUT2D eigenvalue weighted by Gasteiger charge is 2.31. The predicted molar refractivity (Wildman–Crippen MR) is 69.9 cm³/mol. The number of hydrogen-bond acceptors (Lipinski definition) is 2. The van der Waals surface area contributed by atoms with Gasteiger partial charge in [0, 0.05) is 37.4 Å². The van der Waals surface area contributed by atoms with Gasteiger partial charge < -0.3 is 10.2 Å². The molecule has 2 aliphatic rings. The second-order valence-corrected chi connectivity index (χ2v) is 5.94. The van der Waals surface area contributed by atoms with Crippen molar-refractivity contribution in [2.24, 2.45) is 11.8 Å². The molecule has 0 aromatic heterocycles. The number of carbonyl (C=O) groups is 2. The molecular formula is C14H24N2O2. The van der Waals surface area contributed by atoms with Crippen molar-refractivity contribution in [1.29, 1.82) is 0 Å². The molecule has 2 fully saturated rings. The molecule has 0 bridgehead atoms. The van der Waals surface area contributed by atoms with Crippen LogP contribution in [0.1, 0.15) is 46.0 Å². The Balaban J connectivity index is 1.74. The number of nitrogens with zero attached hydrogens (tertiary/aromatic N) is 1. The summed E-state index contributed by atoms with van der Waals surface area (Å²) in [5.41, 5.74) is 0. The lowest BCUT2D eigenvalue weighted by Crippen LogP contribution is -2.36. The van der Waals surface area contributed by atoms with Crippen LogP contribution < -0.4 is 5.32 Å². The fourth-order valence-corrected chi connectivity index (χ4v) is 3.02. The molecule has 18 heavy (non-hydrogen) atoms. The van der Waals surface area contributed by atoms with Gasteiger partial charge in [-0.3, -0.25) is 9.59 Å². The van der Waals surface area contributed by atoms with E-state index in [2.05, 4.69) is 5.32 Å². The average molecular weight is 252 g/mol. The summed E-state index contributed by atoms with van der Waals surface area (Å²) in [5, 5.41) is 3.03. The van der Waals surface area contributed by atoms with Crippen LogP contribution in [-0.2, 0) is 9.59 Å². The molecule has 1 atom stereocenters. The number of rotatable bonds is 4. The summed E-state index contributed by atoms with van der Waals surface area (Å²) in [6, 6.07) is 0.271. The molecule has 1 aliphatic carbocycles. The zero-order valence-corrected chi connectivity index (χ0v) is 11.4. The first kappa shape index (κ1) is 13.4. The average Bonchev–Trinajstić information content (AvgIpc) is 2.94. The third-order valence-electron chi connectivity index (χ3n) is 4.15. The lowest BCUT2D eigenvalue weighted by molar-refractivity contribution is -0.129. The summed E-state index contributed by atoms with van der Waals surface area (Å²) in [6.07, 6.45) is 5.02. The monoisotopic (exact) mass is 252 g/mol. The van der Waals surface area contributed by atoms with Crippen LogP contribution in [0.5, 0.6) is 0 Å². The summed E-state index contributed by atoms with van der Waals surface area (Å²) in [7, 11) is 0. The van der Waals surface area contributed by atoms with Crippen LogP contribution in [0.3, 0.4) is 0 Å². The minimum Gasteiger partial charge on any atom is -0.356 e. The Morgan fingerprint density at radius 1 is 1.39 bits per heavy atom. The molecule has 0 radical (unpaired) electrons. The Hall–Kier alpha value is -1.06. The van der Waals surface area contributed by atoms with E-state index in [0.29, 0.717) is 18.9 Å². The van der Waals surface area contributed by atoms with Gasteiger partial charge >= 0.3 is 0 Å². The molecule has 1 N–H and O–H groups in total. The van der Waals surface area contributed by atoms with Crippen molar-refractivity contribution in [3.63, 3.8) is 0 Å². The molecule has 1 saturated carbocycles. The largest absolute Gasteiger partial charge is 0.356 e. The summed E-state index contributed by atoms with van der Waals surface area (Å²) in [4.78, 5) is 25.5. The van der Waals surface area contributed by atoms with Gasteiger partial charge in [-0.2, -0.15) is 0 Å². The molecule has 4 nitrogen and oxygen atoms in total. The lowest BCUT2D eigenvalue weighted by atomic mass is 10.1. The highest BCUT2D eigenvalue weighted by molar-refractivity contribution is 5.80. The number of carbonyl (C=O) groups excluding carboxylic acids is 2. The highest BCUT2D eigenvalue weighted by atomic mass is 16.2. The topological polar surface area (TPSA) is 49.4 Å². The van der Waals surface area contributed by atoms with Gasteiger partial charge in [-0.05, 0) is 26.7 Å². The standard InChI is InChI=1S/C14H24N2O2/c1-10(2)16-9-11(7-13(16)17)8-15-14(18)12-5-3-4-6-12/h10-12H,3-9H2,1-2H3,(H,15,18). The Kier molecular flexibility index (Phi) is 4.25. The van der Waals surface area contributed by atoms with Crippen molar-refractivity contribution in [1.82, 2.24) is 10.2 Å². The van der Waals surface area contributed by atoms with Gasteiger partial charge in [-0.1, -0.05) is 12.8 Å². The fraction of sp³-hybridized carbons (Fsp3) is 0.857. The summed E-state index contributed by atoms with van der Waals surface area (Å²) in [6.45, 7) is 5.53. The van der Waals surface area contributed by atoms with Gasteiger partial charge in [0.2, 0.25) is 11.8 Å². The number of likely N-dealkylation sites (tertiary alicyclic amines) is 1. The van der Waals surface area contributed by atoms with E-state index < -0.39 is 0 Å². The van der Waals surface area contributed by atoms with E-state index in [1.54, 1.807) is 0 Å². The normalized spacial score (nSPS) is 25.2. The second kappa shape index (κ2) is 5.72. The van der Waals surface area contributed by atoms with Gasteiger partial charge in [0.1, 0.15) is 0 Å². The van der Waals surface area contributed by atoms with Gasteiger partial charge in [-0.15, -0.1) is 0 Å². The molecule has 1 unspecified atom stereocenters. The molecule has 0 aromatic rings. The summed E-state index contributed by atoms with van der Waals surface area (Å²) >= 11 is 0. The van der Waals surface area contributed by atoms with Crippen LogP contribution in [0.15, 0.2) is 0 Å². The van der Waals surface area contributed by atoms with Crippen LogP contribution >= 0.6 is 0 Å². The zero-order valence-electron chi connectivity index (χ0n) is 11.4. The van der Waals surface area contributed by atoms with Gasteiger partial charge in [0.25, 0.3) is 0 Å². The van der Waals surface area contributed by atoms with Crippen LogP contribution in [-0.4, -0.2) is 35.8 Å². The molecule has 2 amide bonds. The van der Waals surface area contributed by atoms with Crippen LogP contribution in [0.25, 0.3) is 0 Å². The SMILES string of the molecule is CC(C)N1CC(CNC(=O)C2CCCC2)CC1=O. The van der Waals surface area contributed by atoms with Crippen LogP contribution in [0.4, 0.5) is 0 Å². The Morgan fingerprint density at radius 3 is 2.61 bits per heavy atom. The second-order valence-electron chi connectivity index (χ2n) is 5.94. The molecule has 1 saturated heterocycles. The lowest BCUT2D eigenvalue weighted by Gasteiger charge is -2.21. The van der Waals surface area contributed by atoms with Crippen molar-refractivity contribution < 1.29 is 9.59 Å². The van der Waals surface area contributed by atoms with E-state index in [1.807, 2.05) is 18.7 Å². The number of nitrogens with one attached hydrogen (secondary N) is 1. The molecule has 0 spiro atoms. The van der Waals surface area contributed by atoms with E-state index in [-0.39, 0.29) is 23.8 Å². The minimum atomic E-state index is 0.197. The Bertz CT molecular complexity index is 322. The van der Waals surface area contributed by atoms with Crippen LogP contribution in [0.2, 0.25) is 0 Å². The molecule has 1 aliphatic heterocycles. The van der Waals surface area contributed by atoms with Crippen molar-refractivity contribution in [3.05, 3.63) is 0 Å². The number of hydrogen-bond donors (Lipinski definition) is 1. The molecular weight excluding hydrogens is 228 g/mol. The quantitative estimate of drug-likeness (QED) is 0.825. The Morgan fingerprint density at radius 2 is 2.06 bits per heavy atom. The van der Waals surface area contributed by atoms with Gasteiger partial charge in [0.15, 0.2) is 0 Å². The third-order valence-corrected chi connectivity index (χ3v) is 4.15. The van der Waals surface area contributed by atoms with Crippen molar-refractivity contribution >= 4 is 11.8 Å². The maximum absolute atomic E-state index is 11.9. The predicted octanol–water partition coefficient (Wildman–Crippen LogP) is 1.55. The van der Waals surface area contributed by atoms with E-state index >= 15 is 0 Å². The van der Waals surface area contributed by atoms with E-state index in [1.165, 1.54) is 12.8 Å². The summed E-state index contributed by atoms with van der Waals surface area (Å²) < 4.78 is 0. The fourth-order valence-electron chi connectivity index (χ4n) is 3.02. The molecule has 2 rings (SSSR count). The number of amides is 2. The third kappa shape index (κ3) is 3.03. The molecule has 0 aromatic carbocycles.